The highest BCUT2D eigenvalue weighted by molar-refractivity contribution is 9.10. The number of aryl methyl sites for hydroxylation is 1. The van der Waals surface area contributed by atoms with Crippen LogP contribution in [-0.2, 0) is 0 Å². The van der Waals surface area contributed by atoms with Gasteiger partial charge in [0.1, 0.15) is 12.1 Å². The van der Waals surface area contributed by atoms with Gasteiger partial charge in [0, 0.05) is 17.8 Å². The number of aromatic nitrogens is 4. The van der Waals surface area contributed by atoms with Gasteiger partial charge in [-0.15, -0.1) is 0 Å². The van der Waals surface area contributed by atoms with E-state index in [9.17, 15) is 8.78 Å². The fourth-order valence-corrected chi connectivity index (χ4v) is 2.71. The minimum Gasteiger partial charge on any atom is -0.493 e. The van der Waals surface area contributed by atoms with Crippen molar-refractivity contribution < 1.29 is 18.3 Å². The molecule has 0 atom stereocenters. The molecule has 0 saturated heterocycles. The van der Waals surface area contributed by atoms with Gasteiger partial charge in [-0.2, -0.15) is 13.9 Å². The van der Waals surface area contributed by atoms with Crippen LogP contribution in [0.3, 0.4) is 0 Å². The molecule has 0 spiro atoms. The molecule has 0 unspecified atom stereocenters. The largest absolute Gasteiger partial charge is 0.493 e. The molecule has 3 aromatic rings. The number of rotatable bonds is 6. The molecular weight excluding hydrogens is 424 g/mol. The number of halogens is 3. The molecule has 0 amide bonds. The smallest absolute Gasteiger partial charge is 0.387 e. The van der Waals surface area contributed by atoms with E-state index < -0.39 is 6.61 Å². The summed E-state index contributed by atoms with van der Waals surface area (Å²) in [5.74, 6) is 1.22. The molecular formula is C17H16BrF2N5O2. The van der Waals surface area contributed by atoms with Gasteiger partial charge in [0.2, 0.25) is 0 Å². The number of alkyl halides is 2. The van der Waals surface area contributed by atoms with E-state index >= 15 is 0 Å². The second-order valence-corrected chi connectivity index (χ2v) is 6.32. The van der Waals surface area contributed by atoms with Gasteiger partial charge in [0.15, 0.2) is 17.3 Å². The van der Waals surface area contributed by atoms with Crippen molar-refractivity contribution in [3.63, 3.8) is 0 Å². The summed E-state index contributed by atoms with van der Waals surface area (Å²) in [7, 11) is 1.38. The van der Waals surface area contributed by atoms with Gasteiger partial charge in [-0.3, -0.25) is 0 Å². The van der Waals surface area contributed by atoms with E-state index in [1.54, 1.807) is 22.9 Å². The lowest BCUT2D eigenvalue weighted by molar-refractivity contribution is -0.0512. The van der Waals surface area contributed by atoms with E-state index in [4.69, 9.17) is 4.74 Å². The summed E-state index contributed by atoms with van der Waals surface area (Å²) in [6, 6.07) is 6.25. The summed E-state index contributed by atoms with van der Waals surface area (Å²) in [4.78, 5) is 8.43. The Balaban J connectivity index is 1.87. The van der Waals surface area contributed by atoms with Crippen LogP contribution in [0.25, 0.3) is 5.82 Å². The minimum atomic E-state index is -2.93. The molecule has 27 heavy (non-hydrogen) atoms. The van der Waals surface area contributed by atoms with Gasteiger partial charge in [0.25, 0.3) is 0 Å². The third-order valence-corrected chi connectivity index (χ3v) is 4.87. The maximum Gasteiger partial charge on any atom is 0.387 e. The number of ether oxygens (including phenoxy) is 2. The summed E-state index contributed by atoms with van der Waals surface area (Å²) < 4.78 is 37.0. The maximum absolute atomic E-state index is 12.4. The van der Waals surface area contributed by atoms with Crippen LogP contribution < -0.4 is 14.8 Å². The van der Waals surface area contributed by atoms with Crippen molar-refractivity contribution in [3.8, 4) is 17.3 Å². The summed E-state index contributed by atoms with van der Waals surface area (Å²) in [6.07, 6.45) is 1.41. The van der Waals surface area contributed by atoms with Crippen LogP contribution >= 0.6 is 15.9 Å². The lowest BCUT2D eigenvalue weighted by Gasteiger charge is -2.12. The molecule has 3 rings (SSSR count). The topological polar surface area (TPSA) is 74.1 Å². The number of hydrogen-bond donors (Lipinski definition) is 1. The highest BCUT2D eigenvalue weighted by Gasteiger charge is 2.13. The molecule has 2 heterocycles. The van der Waals surface area contributed by atoms with Crippen LogP contribution in [-0.4, -0.2) is 33.5 Å². The number of anilines is 2. The number of nitrogens with one attached hydrogen (secondary N) is 1. The molecule has 0 aliphatic carbocycles. The van der Waals surface area contributed by atoms with Gasteiger partial charge >= 0.3 is 6.61 Å². The SMILES string of the molecule is COc1cc(Nc2cc(-n3nc(C)c(Br)c3C)ncn2)ccc1OC(F)F. The number of nitrogens with zero attached hydrogens (tertiary/aromatic N) is 4. The van der Waals surface area contributed by atoms with E-state index in [-0.39, 0.29) is 11.5 Å². The van der Waals surface area contributed by atoms with E-state index in [1.807, 2.05) is 13.8 Å². The molecule has 0 radical (unpaired) electrons. The Morgan fingerprint density at radius 1 is 1.15 bits per heavy atom. The Labute approximate surface area is 162 Å². The summed E-state index contributed by atoms with van der Waals surface area (Å²) in [6.45, 7) is 0.886. The van der Waals surface area contributed by atoms with Crippen molar-refractivity contribution in [1.29, 1.82) is 0 Å². The van der Waals surface area contributed by atoms with Crippen LogP contribution in [0, 0.1) is 13.8 Å². The first-order valence-corrected chi connectivity index (χ1v) is 8.62. The molecule has 0 aliphatic heterocycles. The monoisotopic (exact) mass is 439 g/mol. The Kier molecular flexibility index (Phi) is 5.54. The lowest BCUT2D eigenvalue weighted by Crippen LogP contribution is -2.05. The molecule has 0 aliphatic rings. The summed E-state index contributed by atoms with van der Waals surface area (Å²) in [5.41, 5.74) is 2.35. The Bertz CT molecular complexity index is 964. The third kappa shape index (κ3) is 4.16. The van der Waals surface area contributed by atoms with Crippen molar-refractivity contribution in [2.75, 3.05) is 12.4 Å². The molecule has 1 aromatic carbocycles. The predicted octanol–water partition coefficient (Wildman–Crippen LogP) is 4.40. The van der Waals surface area contributed by atoms with Crippen LogP contribution in [0.4, 0.5) is 20.3 Å². The summed E-state index contributed by atoms with van der Waals surface area (Å²) in [5, 5.41) is 7.52. The zero-order valence-electron chi connectivity index (χ0n) is 14.7. The molecule has 10 heteroatoms. The highest BCUT2D eigenvalue weighted by atomic mass is 79.9. The van der Waals surface area contributed by atoms with Gasteiger partial charge in [-0.05, 0) is 41.9 Å². The molecule has 0 bridgehead atoms. The Hall–Kier alpha value is -2.75. The third-order valence-electron chi connectivity index (χ3n) is 3.72. The normalized spacial score (nSPS) is 10.9. The molecule has 7 nitrogen and oxygen atoms in total. The number of benzene rings is 1. The zero-order valence-corrected chi connectivity index (χ0v) is 16.3. The summed E-state index contributed by atoms with van der Waals surface area (Å²) >= 11 is 3.49. The quantitative estimate of drug-likeness (QED) is 0.613. The molecule has 1 N–H and O–H groups in total. The van der Waals surface area contributed by atoms with Crippen LogP contribution in [0.15, 0.2) is 35.1 Å². The van der Waals surface area contributed by atoms with Gasteiger partial charge < -0.3 is 14.8 Å². The lowest BCUT2D eigenvalue weighted by atomic mass is 10.2. The minimum absolute atomic E-state index is 0.0473. The van der Waals surface area contributed by atoms with Crippen molar-refractivity contribution in [1.82, 2.24) is 19.7 Å². The van der Waals surface area contributed by atoms with Crippen molar-refractivity contribution in [2.45, 2.75) is 20.5 Å². The fourth-order valence-electron chi connectivity index (χ4n) is 2.46. The first-order chi connectivity index (χ1) is 12.9. The molecule has 0 saturated carbocycles. The highest BCUT2D eigenvalue weighted by Crippen LogP contribution is 2.32. The van der Waals surface area contributed by atoms with Crippen LogP contribution in [0.2, 0.25) is 0 Å². The standard InChI is InChI=1S/C17H16BrF2N5O2/c1-9-16(18)10(2)25(24-9)15-7-14(21-8-22-15)23-11-4-5-12(27-17(19)20)13(6-11)26-3/h4-8,17H,1-3H3,(H,21,22,23). The van der Waals surface area contributed by atoms with E-state index in [1.165, 1.54) is 19.5 Å². The average molecular weight is 440 g/mol. The zero-order chi connectivity index (χ0) is 19.6. The Morgan fingerprint density at radius 3 is 2.56 bits per heavy atom. The predicted molar refractivity (Wildman–Crippen MR) is 99.2 cm³/mol. The van der Waals surface area contributed by atoms with E-state index in [0.29, 0.717) is 17.3 Å². The number of methoxy groups -OCH3 is 1. The van der Waals surface area contributed by atoms with Crippen molar-refractivity contribution in [2.24, 2.45) is 0 Å². The first-order valence-electron chi connectivity index (χ1n) is 7.83. The first kappa shape index (κ1) is 19.0. The molecule has 2 aromatic heterocycles. The van der Waals surface area contributed by atoms with Crippen molar-refractivity contribution >= 4 is 27.4 Å². The maximum atomic E-state index is 12.4. The Morgan fingerprint density at radius 2 is 1.93 bits per heavy atom. The fraction of sp³-hybridized carbons (Fsp3) is 0.235. The second kappa shape index (κ2) is 7.87. The molecule has 0 fully saturated rings. The van der Waals surface area contributed by atoms with Gasteiger partial charge in [-0.1, -0.05) is 0 Å². The van der Waals surface area contributed by atoms with Crippen molar-refractivity contribution in [3.05, 3.63) is 46.5 Å². The van der Waals surface area contributed by atoms with Crippen LogP contribution in [0.5, 0.6) is 11.5 Å². The number of hydrogen-bond acceptors (Lipinski definition) is 6. The van der Waals surface area contributed by atoms with E-state index in [2.05, 4.69) is 41.1 Å². The van der Waals surface area contributed by atoms with Gasteiger partial charge in [-0.25, -0.2) is 14.6 Å². The molecule has 142 valence electrons. The average Bonchev–Trinajstić information content (AvgIpc) is 2.90. The van der Waals surface area contributed by atoms with Crippen LogP contribution in [0.1, 0.15) is 11.4 Å². The second-order valence-electron chi connectivity index (χ2n) is 5.53. The van der Waals surface area contributed by atoms with Gasteiger partial charge in [0.05, 0.1) is 23.0 Å². The van der Waals surface area contributed by atoms with E-state index in [0.717, 1.165) is 15.9 Å².